The highest BCUT2D eigenvalue weighted by Gasteiger charge is 2.05. The molecule has 14 heavy (non-hydrogen) atoms. The van der Waals surface area contributed by atoms with Crippen LogP contribution in [0.4, 0.5) is 0 Å². The summed E-state index contributed by atoms with van der Waals surface area (Å²) in [5.74, 6) is 0. The molecule has 2 aromatic rings. The van der Waals surface area contributed by atoms with E-state index in [1.807, 2.05) is 12.1 Å². The Labute approximate surface area is 90.8 Å². The molecular weight excluding hydrogens is 221 g/mol. The summed E-state index contributed by atoms with van der Waals surface area (Å²) in [6.45, 7) is 0. The van der Waals surface area contributed by atoms with Crippen molar-refractivity contribution in [2.45, 2.75) is 0 Å². The Morgan fingerprint density at radius 1 is 1.07 bits per heavy atom. The number of aromatic nitrogens is 3. The molecule has 0 bridgehead atoms. The van der Waals surface area contributed by atoms with Crippen LogP contribution in [0, 0.1) is 0 Å². The molecule has 0 radical (unpaired) electrons. The number of hydrogen-bond acceptors (Lipinski definition) is 3. The number of halogens is 2. The van der Waals surface area contributed by atoms with Crippen LogP contribution in [0.25, 0.3) is 11.1 Å². The monoisotopic (exact) mass is 225 g/mol. The van der Waals surface area contributed by atoms with Gasteiger partial charge in [-0.3, -0.25) is 4.98 Å². The van der Waals surface area contributed by atoms with Gasteiger partial charge in [0.1, 0.15) is 5.15 Å². The maximum atomic E-state index is 5.91. The lowest BCUT2D eigenvalue weighted by Crippen LogP contribution is -1.87. The molecule has 0 amide bonds. The predicted octanol–water partition coefficient (Wildman–Crippen LogP) is 2.85. The molecule has 5 heteroatoms. The van der Waals surface area contributed by atoms with E-state index in [0.29, 0.717) is 5.15 Å². The Kier molecular flexibility index (Phi) is 2.61. The van der Waals surface area contributed by atoms with E-state index in [4.69, 9.17) is 23.2 Å². The van der Waals surface area contributed by atoms with Gasteiger partial charge in [0.05, 0.1) is 0 Å². The molecule has 2 heterocycles. The van der Waals surface area contributed by atoms with Gasteiger partial charge in [-0.2, -0.15) is 0 Å². The average molecular weight is 226 g/mol. The van der Waals surface area contributed by atoms with Crippen molar-refractivity contribution >= 4 is 23.2 Å². The summed E-state index contributed by atoms with van der Waals surface area (Å²) in [7, 11) is 0. The van der Waals surface area contributed by atoms with E-state index in [-0.39, 0.29) is 5.28 Å². The first-order valence-corrected chi connectivity index (χ1v) is 4.61. The molecule has 2 aromatic heterocycles. The molecule has 2 rings (SSSR count). The van der Waals surface area contributed by atoms with Crippen LogP contribution < -0.4 is 0 Å². The minimum absolute atomic E-state index is 0.146. The minimum Gasteiger partial charge on any atom is -0.265 e. The Morgan fingerprint density at radius 3 is 2.43 bits per heavy atom. The molecule has 0 N–H and O–H groups in total. The fourth-order valence-corrected chi connectivity index (χ4v) is 1.48. The van der Waals surface area contributed by atoms with Gasteiger partial charge in [0, 0.05) is 24.2 Å². The van der Waals surface area contributed by atoms with Crippen molar-refractivity contribution < 1.29 is 0 Å². The van der Waals surface area contributed by atoms with Gasteiger partial charge in [0.25, 0.3) is 0 Å². The van der Waals surface area contributed by atoms with Gasteiger partial charge in [-0.25, -0.2) is 9.97 Å². The second-order valence-corrected chi connectivity index (χ2v) is 3.28. The Balaban J connectivity index is 2.53. The molecule has 3 nitrogen and oxygen atoms in total. The van der Waals surface area contributed by atoms with Crippen LogP contribution >= 0.6 is 23.2 Å². The molecule has 0 unspecified atom stereocenters. The summed E-state index contributed by atoms with van der Waals surface area (Å²) in [6.07, 6.45) is 4.95. The van der Waals surface area contributed by atoms with Crippen LogP contribution in [-0.2, 0) is 0 Å². The molecule has 0 aliphatic carbocycles. The smallest absolute Gasteiger partial charge is 0.223 e. The highest BCUT2D eigenvalue weighted by Crippen LogP contribution is 2.25. The van der Waals surface area contributed by atoms with Crippen LogP contribution in [0.3, 0.4) is 0 Å². The molecule has 0 saturated heterocycles. The minimum atomic E-state index is 0.146. The summed E-state index contributed by atoms with van der Waals surface area (Å²) in [6, 6.07) is 3.66. The number of nitrogens with zero attached hydrogens (tertiary/aromatic N) is 3. The maximum Gasteiger partial charge on any atom is 0.223 e. The third-order valence-corrected chi connectivity index (χ3v) is 2.17. The van der Waals surface area contributed by atoms with Crippen molar-refractivity contribution in [3.05, 3.63) is 41.2 Å². The Hall–Kier alpha value is -1.19. The number of rotatable bonds is 1. The normalized spacial score (nSPS) is 10.1. The third kappa shape index (κ3) is 1.84. The zero-order chi connectivity index (χ0) is 9.97. The van der Waals surface area contributed by atoms with Gasteiger partial charge in [-0.1, -0.05) is 11.6 Å². The molecule has 0 fully saturated rings. The molecular formula is C9H5Cl2N3. The standard InChI is InChI=1S/C9H5Cl2N3/c10-8-7(5-13-9(11)14-8)6-1-3-12-4-2-6/h1-5H. The zero-order valence-electron chi connectivity index (χ0n) is 6.98. The quantitative estimate of drug-likeness (QED) is 0.554. The Bertz CT molecular complexity index is 445. The van der Waals surface area contributed by atoms with Gasteiger partial charge < -0.3 is 0 Å². The van der Waals surface area contributed by atoms with E-state index < -0.39 is 0 Å². The summed E-state index contributed by atoms with van der Waals surface area (Å²) in [5, 5.41) is 0.490. The lowest BCUT2D eigenvalue weighted by Gasteiger charge is -2.01. The van der Waals surface area contributed by atoms with Crippen molar-refractivity contribution in [3.63, 3.8) is 0 Å². The first kappa shape index (κ1) is 9.37. The molecule has 0 atom stereocenters. The summed E-state index contributed by atoms with van der Waals surface area (Å²) in [5.41, 5.74) is 1.67. The van der Waals surface area contributed by atoms with Gasteiger partial charge in [0.2, 0.25) is 5.28 Å². The SMILES string of the molecule is Clc1ncc(-c2ccncc2)c(Cl)n1. The summed E-state index contributed by atoms with van der Waals surface area (Å²) < 4.78 is 0. The second-order valence-electron chi connectivity index (χ2n) is 2.58. The van der Waals surface area contributed by atoms with E-state index in [0.717, 1.165) is 11.1 Å². The summed E-state index contributed by atoms with van der Waals surface area (Å²) in [4.78, 5) is 11.6. The largest absolute Gasteiger partial charge is 0.265 e. The first-order chi connectivity index (χ1) is 6.77. The zero-order valence-corrected chi connectivity index (χ0v) is 8.50. The van der Waals surface area contributed by atoms with Crippen molar-refractivity contribution in [2.75, 3.05) is 0 Å². The van der Waals surface area contributed by atoms with Gasteiger partial charge >= 0.3 is 0 Å². The highest BCUT2D eigenvalue weighted by molar-refractivity contribution is 6.33. The van der Waals surface area contributed by atoms with Crippen molar-refractivity contribution in [2.24, 2.45) is 0 Å². The van der Waals surface area contributed by atoms with Crippen LogP contribution in [0.1, 0.15) is 0 Å². The second kappa shape index (κ2) is 3.90. The lowest BCUT2D eigenvalue weighted by atomic mass is 10.1. The number of hydrogen-bond donors (Lipinski definition) is 0. The van der Waals surface area contributed by atoms with Gasteiger partial charge in [-0.15, -0.1) is 0 Å². The molecule has 0 aliphatic rings. The van der Waals surface area contributed by atoms with Crippen molar-refractivity contribution in [3.8, 4) is 11.1 Å². The molecule has 0 aromatic carbocycles. The van der Waals surface area contributed by atoms with E-state index in [1.54, 1.807) is 18.6 Å². The van der Waals surface area contributed by atoms with Crippen LogP contribution in [-0.4, -0.2) is 15.0 Å². The van der Waals surface area contributed by atoms with Crippen LogP contribution in [0.5, 0.6) is 0 Å². The van der Waals surface area contributed by atoms with Crippen molar-refractivity contribution in [1.82, 2.24) is 15.0 Å². The maximum absolute atomic E-state index is 5.91. The molecule has 0 saturated carbocycles. The first-order valence-electron chi connectivity index (χ1n) is 3.86. The van der Waals surface area contributed by atoms with Gasteiger partial charge in [-0.05, 0) is 29.3 Å². The van der Waals surface area contributed by atoms with E-state index in [2.05, 4.69) is 15.0 Å². The fraction of sp³-hybridized carbons (Fsp3) is 0. The van der Waals surface area contributed by atoms with E-state index in [9.17, 15) is 0 Å². The molecule has 0 aliphatic heterocycles. The van der Waals surface area contributed by atoms with E-state index >= 15 is 0 Å². The molecule has 0 spiro atoms. The van der Waals surface area contributed by atoms with Gasteiger partial charge in [0.15, 0.2) is 0 Å². The lowest BCUT2D eigenvalue weighted by molar-refractivity contribution is 1.17. The van der Waals surface area contributed by atoms with E-state index in [1.165, 1.54) is 0 Å². The molecule has 70 valence electrons. The van der Waals surface area contributed by atoms with Crippen LogP contribution in [0.15, 0.2) is 30.7 Å². The fourth-order valence-electron chi connectivity index (χ4n) is 1.07. The summed E-state index contributed by atoms with van der Waals surface area (Å²) >= 11 is 11.5. The van der Waals surface area contributed by atoms with Crippen molar-refractivity contribution in [1.29, 1.82) is 0 Å². The topological polar surface area (TPSA) is 38.7 Å². The Morgan fingerprint density at radius 2 is 1.79 bits per heavy atom. The third-order valence-electron chi connectivity index (χ3n) is 1.70. The highest BCUT2D eigenvalue weighted by atomic mass is 35.5. The average Bonchev–Trinajstić information content (AvgIpc) is 2.19. The predicted molar refractivity (Wildman–Crippen MR) is 55.3 cm³/mol. The van der Waals surface area contributed by atoms with Crippen LogP contribution in [0.2, 0.25) is 10.4 Å². The number of pyridine rings is 1.